The van der Waals surface area contributed by atoms with Crippen LogP contribution in [0.4, 0.5) is 4.79 Å². The topological polar surface area (TPSA) is 105 Å². The van der Waals surface area contributed by atoms with Gasteiger partial charge in [-0.3, -0.25) is 14.4 Å². The highest BCUT2D eigenvalue weighted by Gasteiger charge is 2.41. The van der Waals surface area contributed by atoms with Crippen LogP contribution in [-0.2, 0) is 16.0 Å². The molecule has 2 aromatic carbocycles. The number of hydrogen-bond donors (Lipinski definition) is 0. The number of aldehydes is 2. The molecule has 39 heavy (non-hydrogen) atoms. The number of allylic oxidation sites excluding steroid dienone is 4. The molecule has 0 amide bonds. The van der Waals surface area contributed by atoms with Gasteiger partial charge in [-0.2, -0.15) is 0 Å². The lowest BCUT2D eigenvalue weighted by atomic mass is 9.78. The molecule has 2 aromatic rings. The summed E-state index contributed by atoms with van der Waals surface area (Å²) in [5.74, 6) is 1.29. The van der Waals surface area contributed by atoms with Gasteiger partial charge in [0.05, 0.1) is 5.56 Å². The van der Waals surface area contributed by atoms with E-state index < -0.39 is 11.8 Å². The van der Waals surface area contributed by atoms with Crippen LogP contribution >= 0.6 is 0 Å². The molecular formula is C31H34O8. The van der Waals surface area contributed by atoms with Crippen molar-refractivity contribution in [2.45, 2.75) is 65.4 Å². The zero-order chi connectivity index (χ0) is 28.4. The van der Waals surface area contributed by atoms with Crippen LogP contribution in [0.3, 0.4) is 0 Å². The monoisotopic (exact) mass is 534 g/mol. The molecule has 0 saturated heterocycles. The average Bonchev–Trinajstić information content (AvgIpc) is 2.90. The van der Waals surface area contributed by atoms with Gasteiger partial charge in [-0.1, -0.05) is 36.8 Å². The molecule has 8 heteroatoms. The molecule has 0 spiro atoms. The molecule has 0 fully saturated rings. The maximum absolute atomic E-state index is 12.5. The van der Waals surface area contributed by atoms with Crippen LogP contribution in [0.5, 0.6) is 17.2 Å². The van der Waals surface area contributed by atoms with E-state index in [9.17, 15) is 19.2 Å². The van der Waals surface area contributed by atoms with Crippen LogP contribution in [0.25, 0.3) is 0 Å². The standard InChI is InChI=1S/C31H34O8/c1-21(10-8-12-23(3)36-20-34)11-9-15-31(4)22(2)16-26-28(17-24(18-32)27(19-33)29(26)39-31)38-30(35)37-25-13-6-5-7-14-25/h5-7,11-14,17-20,22H,8-10,15-16H2,1-4H3/b21-11+,23-12+. The van der Waals surface area contributed by atoms with E-state index >= 15 is 0 Å². The number of rotatable bonds is 12. The highest BCUT2D eigenvalue weighted by Crippen LogP contribution is 2.46. The number of para-hydroxylation sites is 1. The highest BCUT2D eigenvalue weighted by molar-refractivity contribution is 5.95. The summed E-state index contributed by atoms with van der Waals surface area (Å²) < 4.78 is 22.0. The third-order valence-corrected chi connectivity index (χ3v) is 7.02. The fourth-order valence-corrected chi connectivity index (χ4v) is 4.51. The molecule has 1 heterocycles. The lowest BCUT2D eigenvalue weighted by Gasteiger charge is -2.42. The molecule has 3 rings (SSSR count). The Hall–Kier alpha value is -4.20. The number of fused-ring (bicyclic) bond motifs is 1. The summed E-state index contributed by atoms with van der Waals surface area (Å²) in [6.07, 6.45) is 7.68. The summed E-state index contributed by atoms with van der Waals surface area (Å²) in [6.45, 7) is 8.23. The lowest BCUT2D eigenvalue weighted by Crippen LogP contribution is -2.44. The second kappa shape index (κ2) is 13.6. The van der Waals surface area contributed by atoms with Gasteiger partial charge in [-0.25, -0.2) is 4.79 Å². The summed E-state index contributed by atoms with van der Waals surface area (Å²) >= 11 is 0. The Labute approximate surface area is 228 Å². The van der Waals surface area contributed by atoms with Gasteiger partial charge in [-0.15, -0.1) is 0 Å². The number of hydrogen-bond acceptors (Lipinski definition) is 8. The van der Waals surface area contributed by atoms with Crippen molar-refractivity contribution in [1.29, 1.82) is 0 Å². The van der Waals surface area contributed by atoms with Crippen molar-refractivity contribution in [1.82, 2.24) is 0 Å². The Bertz CT molecular complexity index is 1260. The predicted molar refractivity (Wildman–Crippen MR) is 145 cm³/mol. The minimum Gasteiger partial charge on any atom is -0.486 e. The van der Waals surface area contributed by atoms with Crippen molar-refractivity contribution in [3.05, 3.63) is 76.6 Å². The van der Waals surface area contributed by atoms with Crippen LogP contribution < -0.4 is 14.2 Å². The zero-order valence-corrected chi connectivity index (χ0v) is 22.7. The second-order valence-corrected chi connectivity index (χ2v) is 9.86. The molecule has 0 saturated carbocycles. The molecule has 0 aromatic heterocycles. The van der Waals surface area contributed by atoms with E-state index in [1.807, 2.05) is 26.8 Å². The van der Waals surface area contributed by atoms with Crippen molar-refractivity contribution < 1.29 is 38.1 Å². The number of ether oxygens (including phenoxy) is 4. The van der Waals surface area contributed by atoms with Gasteiger partial charge in [0.1, 0.15) is 28.6 Å². The molecule has 1 aliphatic heterocycles. The average molecular weight is 535 g/mol. The number of benzene rings is 2. The van der Waals surface area contributed by atoms with Gasteiger partial charge >= 0.3 is 6.16 Å². The molecule has 8 nitrogen and oxygen atoms in total. The predicted octanol–water partition coefficient (Wildman–Crippen LogP) is 6.80. The Kier molecular flexibility index (Phi) is 10.2. The molecule has 0 radical (unpaired) electrons. The SMILES string of the molecule is C/C(=C\CCC1(C)Oc2c(C=O)c(C=O)cc(OC(=O)Oc3ccccc3)c2CC1C)CC/C=C(\C)OC=O. The van der Waals surface area contributed by atoms with Gasteiger partial charge in [-0.05, 0) is 83.1 Å². The van der Waals surface area contributed by atoms with Gasteiger partial charge in [0.25, 0.3) is 6.47 Å². The first-order chi connectivity index (χ1) is 18.7. The molecule has 0 N–H and O–H groups in total. The van der Waals surface area contributed by atoms with E-state index in [2.05, 4.69) is 6.08 Å². The fraction of sp³-hybridized carbons (Fsp3) is 0.355. The largest absolute Gasteiger partial charge is 0.519 e. The third-order valence-electron chi connectivity index (χ3n) is 7.02. The van der Waals surface area contributed by atoms with Gasteiger partial charge in [0, 0.05) is 11.1 Å². The molecule has 0 aliphatic carbocycles. The van der Waals surface area contributed by atoms with Crippen molar-refractivity contribution in [3.63, 3.8) is 0 Å². The molecule has 206 valence electrons. The minimum absolute atomic E-state index is 0.0128. The fourth-order valence-electron chi connectivity index (χ4n) is 4.51. The summed E-state index contributed by atoms with van der Waals surface area (Å²) in [7, 11) is 0. The van der Waals surface area contributed by atoms with Crippen molar-refractivity contribution in [2.24, 2.45) is 5.92 Å². The van der Waals surface area contributed by atoms with E-state index in [1.54, 1.807) is 37.3 Å². The molecular weight excluding hydrogens is 500 g/mol. The quantitative estimate of drug-likeness (QED) is 0.0962. The summed E-state index contributed by atoms with van der Waals surface area (Å²) in [6, 6.07) is 9.86. The van der Waals surface area contributed by atoms with Crippen LogP contribution in [0, 0.1) is 5.92 Å². The van der Waals surface area contributed by atoms with E-state index in [0.29, 0.717) is 49.0 Å². The first-order valence-electron chi connectivity index (χ1n) is 12.9. The van der Waals surface area contributed by atoms with Crippen molar-refractivity contribution in [3.8, 4) is 17.2 Å². The molecule has 0 bridgehead atoms. The number of carbonyl (C=O) groups is 4. The summed E-state index contributed by atoms with van der Waals surface area (Å²) in [5.41, 5.74) is 1.32. The van der Waals surface area contributed by atoms with E-state index in [4.69, 9.17) is 18.9 Å². The maximum Gasteiger partial charge on any atom is 0.519 e. The second-order valence-electron chi connectivity index (χ2n) is 9.86. The normalized spacial score (nSPS) is 18.8. The van der Waals surface area contributed by atoms with Crippen LogP contribution in [0.2, 0.25) is 0 Å². The molecule has 2 atom stereocenters. The van der Waals surface area contributed by atoms with E-state index in [0.717, 1.165) is 19.3 Å². The Morgan fingerprint density at radius 1 is 1.05 bits per heavy atom. The highest BCUT2D eigenvalue weighted by atomic mass is 16.7. The van der Waals surface area contributed by atoms with Crippen LogP contribution in [0.15, 0.2) is 59.9 Å². The smallest absolute Gasteiger partial charge is 0.486 e. The van der Waals surface area contributed by atoms with Crippen molar-refractivity contribution in [2.75, 3.05) is 0 Å². The third kappa shape index (κ3) is 7.66. The maximum atomic E-state index is 12.5. The van der Waals surface area contributed by atoms with Crippen molar-refractivity contribution >= 4 is 25.2 Å². The lowest BCUT2D eigenvalue weighted by molar-refractivity contribution is -0.125. The number of carbonyl (C=O) groups excluding carboxylic acids is 4. The summed E-state index contributed by atoms with van der Waals surface area (Å²) in [4.78, 5) is 46.7. The first-order valence-corrected chi connectivity index (χ1v) is 12.9. The van der Waals surface area contributed by atoms with Crippen LogP contribution in [-0.4, -0.2) is 30.8 Å². The zero-order valence-electron chi connectivity index (χ0n) is 22.7. The Morgan fingerprint density at radius 2 is 1.79 bits per heavy atom. The van der Waals surface area contributed by atoms with E-state index in [1.165, 1.54) is 11.6 Å². The Balaban J connectivity index is 1.78. The first kappa shape index (κ1) is 29.4. The van der Waals surface area contributed by atoms with E-state index in [-0.39, 0.29) is 28.5 Å². The molecule has 1 aliphatic rings. The Morgan fingerprint density at radius 3 is 2.46 bits per heavy atom. The van der Waals surface area contributed by atoms with Gasteiger partial charge < -0.3 is 18.9 Å². The van der Waals surface area contributed by atoms with Gasteiger partial charge in [0.2, 0.25) is 0 Å². The summed E-state index contributed by atoms with van der Waals surface area (Å²) in [5, 5.41) is 0. The van der Waals surface area contributed by atoms with Gasteiger partial charge in [0.15, 0.2) is 12.6 Å². The molecule has 2 unspecified atom stereocenters. The van der Waals surface area contributed by atoms with Crippen LogP contribution in [0.1, 0.15) is 79.7 Å². The minimum atomic E-state index is -0.955.